The van der Waals surface area contributed by atoms with Crippen LogP contribution in [-0.2, 0) is 0 Å². The van der Waals surface area contributed by atoms with Gasteiger partial charge in [-0.05, 0) is 32.5 Å². The smallest absolute Gasteiger partial charge is 0.314 e. The molecule has 1 aromatic heterocycles. The Hall–Kier alpha value is -1.97. The molecule has 2 amide bonds. The summed E-state index contributed by atoms with van der Waals surface area (Å²) in [7, 11) is 2.18. The number of aromatic nitrogens is 2. The van der Waals surface area contributed by atoms with Crippen LogP contribution >= 0.6 is 0 Å². The molecular formula is C20H36N8O. The lowest BCUT2D eigenvalue weighted by Gasteiger charge is -2.34. The summed E-state index contributed by atoms with van der Waals surface area (Å²) < 4.78 is 0. The van der Waals surface area contributed by atoms with Crippen LogP contribution in [0.15, 0.2) is 18.5 Å². The van der Waals surface area contributed by atoms with Gasteiger partial charge in [0.1, 0.15) is 0 Å². The predicted octanol–water partition coefficient (Wildman–Crippen LogP) is -0.0746. The maximum absolute atomic E-state index is 11.9. The second kappa shape index (κ2) is 11.9. The number of rotatable bonds is 9. The van der Waals surface area contributed by atoms with Crippen molar-refractivity contribution in [1.29, 1.82) is 0 Å². The zero-order valence-electron chi connectivity index (χ0n) is 17.7. The highest BCUT2D eigenvalue weighted by Gasteiger charge is 2.18. The number of piperazine rings is 2. The minimum atomic E-state index is -0.0547. The van der Waals surface area contributed by atoms with Gasteiger partial charge in [0.2, 0.25) is 5.95 Å². The van der Waals surface area contributed by atoms with E-state index in [1.807, 2.05) is 6.07 Å². The zero-order chi connectivity index (χ0) is 20.3. The summed E-state index contributed by atoms with van der Waals surface area (Å²) in [5.74, 6) is 0.803. The molecule has 0 saturated carbocycles. The Morgan fingerprint density at radius 3 is 2.21 bits per heavy atom. The summed E-state index contributed by atoms with van der Waals surface area (Å²) >= 11 is 0. The number of likely N-dealkylation sites (N-methyl/N-ethyl adjacent to an activating group) is 1. The summed E-state index contributed by atoms with van der Waals surface area (Å²) in [4.78, 5) is 30.0. The number of carbonyl (C=O) groups excluding carboxylic acids is 1. The molecule has 9 heteroatoms. The molecule has 2 aliphatic rings. The number of unbranched alkanes of at least 4 members (excludes halogenated alkanes) is 1. The number of carbonyl (C=O) groups is 1. The molecule has 0 unspecified atom stereocenters. The molecule has 162 valence electrons. The Labute approximate surface area is 174 Å². The summed E-state index contributed by atoms with van der Waals surface area (Å²) in [6.07, 6.45) is 5.73. The SMILES string of the molecule is CN1CCN(CCCCNC(=O)NCCN2CCN(c3ncccn3)CC2)CC1. The molecule has 3 heterocycles. The molecule has 0 atom stereocenters. The minimum absolute atomic E-state index is 0.0547. The van der Waals surface area contributed by atoms with Gasteiger partial charge >= 0.3 is 6.03 Å². The molecule has 0 aliphatic carbocycles. The summed E-state index contributed by atoms with van der Waals surface area (Å²) in [6.45, 7) is 11.9. The van der Waals surface area contributed by atoms with Crippen LogP contribution in [0, 0.1) is 0 Å². The molecule has 2 saturated heterocycles. The van der Waals surface area contributed by atoms with Gasteiger partial charge in [-0.1, -0.05) is 0 Å². The van der Waals surface area contributed by atoms with Gasteiger partial charge in [0.25, 0.3) is 0 Å². The van der Waals surface area contributed by atoms with E-state index in [9.17, 15) is 4.79 Å². The average molecular weight is 405 g/mol. The molecule has 0 spiro atoms. The Bertz CT molecular complexity index is 585. The van der Waals surface area contributed by atoms with Crippen molar-refractivity contribution in [3.05, 3.63) is 18.5 Å². The molecule has 2 aliphatic heterocycles. The van der Waals surface area contributed by atoms with E-state index < -0.39 is 0 Å². The summed E-state index contributed by atoms with van der Waals surface area (Å²) in [5, 5.41) is 5.95. The highest BCUT2D eigenvalue weighted by molar-refractivity contribution is 5.73. The molecule has 3 rings (SSSR count). The summed E-state index contributed by atoms with van der Waals surface area (Å²) in [6, 6.07) is 1.78. The van der Waals surface area contributed by atoms with Crippen molar-refractivity contribution in [2.75, 3.05) is 90.5 Å². The third-order valence-electron chi connectivity index (χ3n) is 5.70. The molecule has 29 heavy (non-hydrogen) atoms. The van der Waals surface area contributed by atoms with E-state index in [2.05, 4.69) is 47.2 Å². The van der Waals surface area contributed by atoms with Gasteiger partial charge in [-0.2, -0.15) is 0 Å². The zero-order valence-corrected chi connectivity index (χ0v) is 17.7. The molecular weight excluding hydrogens is 368 g/mol. The molecule has 2 N–H and O–H groups in total. The van der Waals surface area contributed by atoms with E-state index in [0.717, 1.165) is 90.8 Å². The van der Waals surface area contributed by atoms with Gasteiger partial charge in [0.05, 0.1) is 0 Å². The number of amides is 2. The van der Waals surface area contributed by atoms with Gasteiger partial charge in [0, 0.05) is 84.4 Å². The van der Waals surface area contributed by atoms with Crippen molar-refractivity contribution in [2.24, 2.45) is 0 Å². The fraction of sp³-hybridized carbons (Fsp3) is 0.750. The largest absolute Gasteiger partial charge is 0.338 e. The Morgan fingerprint density at radius 1 is 0.862 bits per heavy atom. The van der Waals surface area contributed by atoms with E-state index >= 15 is 0 Å². The number of anilines is 1. The maximum Gasteiger partial charge on any atom is 0.314 e. The third kappa shape index (κ3) is 7.75. The second-order valence-electron chi connectivity index (χ2n) is 7.91. The normalized spacial score (nSPS) is 19.3. The Kier molecular flexibility index (Phi) is 8.91. The Balaban J connectivity index is 1.17. The number of nitrogens with one attached hydrogen (secondary N) is 2. The molecule has 0 radical (unpaired) electrons. The number of urea groups is 1. The molecule has 2 fully saturated rings. The van der Waals surface area contributed by atoms with Crippen LogP contribution < -0.4 is 15.5 Å². The van der Waals surface area contributed by atoms with E-state index in [-0.39, 0.29) is 6.03 Å². The second-order valence-corrected chi connectivity index (χ2v) is 7.91. The highest BCUT2D eigenvalue weighted by atomic mass is 16.2. The van der Waals surface area contributed by atoms with Crippen LogP contribution in [0.4, 0.5) is 10.7 Å². The number of hydrogen-bond donors (Lipinski definition) is 2. The van der Waals surface area contributed by atoms with Crippen LogP contribution in [0.1, 0.15) is 12.8 Å². The van der Waals surface area contributed by atoms with Gasteiger partial charge < -0.3 is 25.3 Å². The van der Waals surface area contributed by atoms with Crippen LogP contribution in [0.2, 0.25) is 0 Å². The Morgan fingerprint density at radius 2 is 1.48 bits per heavy atom. The van der Waals surface area contributed by atoms with E-state index in [1.54, 1.807) is 12.4 Å². The lowest BCUT2D eigenvalue weighted by molar-refractivity contribution is 0.152. The van der Waals surface area contributed by atoms with Crippen molar-refractivity contribution in [3.63, 3.8) is 0 Å². The first kappa shape index (κ1) is 21.7. The van der Waals surface area contributed by atoms with Gasteiger partial charge in [-0.25, -0.2) is 14.8 Å². The molecule has 1 aromatic rings. The van der Waals surface area contributed by atoms with Crippen molar-refractivity contribution in [3.8, 4) is 0 Å². The molecule has 0 bridgehead atoms. The van der Waals surface area contributed by atoms with Crippen molar-refractivity contribution in [2.45, 2.75) is 12.8 Å². The lowest BCUT2D eigenvalue weighted by Crippen LogP contribution is -2.49. The van der Waals surface area contributed by atoms with Gasteiger partial charge in [-0.3, -0.25) is 4.90 Å². The monoisotopic (exact) mass is 404 g/mol. The van der Waals surface area contributed by atoms with Crippen LogP contribution in [0.5, 0.6) is 0 Å². The predicted molar refractivity (Wildman–Crippen MR) is 115 cm³/mol. The van der Waals surface area contributed by atoms with E-state index in [4.69, 9.17) is 0 Å². The van der Waals surface area contributed by atoms with E-state index in [1.165, 1.54) is 0 Å². The molecule has 0 aromatic carbocycles. The number of nitrogens with zero attached hydrogens (tertiary/aromatic N) is 6. The fourth-order valence-corrected chi connectivity index (χ4v) is 3.75. The van der Waals surface area contributed by atoms with Crippen LogP contribution in [0.3, 0.4) is 0 Å². The third-order valence-corrected chi connectivity index (χ3v) is 5.70. The standard InChI is InChI=1S/C20H36N8O/c1-25-11-13-26(14-12-25)9-3-2-5-23-20(29)24-8-10-27-15-17-28(18-16-27)19-21-6-4-7-22-19/h4,6-7H,2-3,5,8-18H2,1H3,(H2,23,24,29). The first-order chi connectivity index (χ1) is 14.2. The lowest BCUT2D eigenvalue weighted by atomic mass is 10.2. The first-order valence-electron chi connectivity index (χ1n) is 10.9. The highest BCUT2D eigenvalue weighted by Crippen LogP contribution is 2.09. The van der Waals surface area contributed by atoms with Crippen LogP contribution in [0.25, 0.3) is 0 Å². The molecule has 9 nitrogen and oxygen atoms in total. The first-order valence-corrected chi connectivity index (χ1v) is 10.9. The topological polar surface area (TPSA) is 79.9 Å². The van der Waals surface area contributed by atoms with Crippen molar-refractivity contribution >= 4 is 12.0 Å². The summed E-state index contributed by atoms with van der Waals surface area (Å²) in [5.41, 5.74) is 0. The number of hydrogen-bond acceptors (Lipinski definition) is 7. The van der Waals surface area contributed by atoms with E-state index in [0.29, 0.717) is 6.54 Å². The van der Waals surface area contributed by atoms with Gasteiger partial charge in [-0.15, -0.1) is 0 Å². The van der Waals surface area contributed by atoms with Crippen LogP contribution in [-0.4, -0.2) is 116 Å². The van der Waals surface area contributed by atoms with Gasteiger partial charge in [0.15, 0.2) is 0 Å². The van der Waals surface area contributed by atoms with Crippen molar-refractivity contribution < 1.29 is 4.79 Å². The fourth-order valence-electron chi connectivity index (χ4n) is 3.75. The minimum Gasteiger partial charge on any atom is -0.338 e. The quantitative estimate of drug-likeness (QED) is 0.558. The van der Waals surface area contributed by atoms with Crippen molar-refractivity contribution in [1.82, 2.24) is 35.3 Å². The maximum atomic E-state index is 11.9. The average Bonchev–Trinajstić information content (AvgIpc) is 2.76.